The minimum Gasteiger partial charge on any atom is -0.0622 e. The van der Waals surface area contributed by atoms with Gasteiger partial charge in [-0.3, -0.25) is 0 Å². The molecule has 0 spiro atoms. The van der Waals surface area contributed by atoms with Crippen LogP contribution in [0.5, 0.6) is 0 Å². The van der Waals surface area contributed by atoms with Crippen LogP contribution in [0.1, 0.15) is 44.7 Å². The highest BCUT2D eigenvalue weighted by Gasteiger charge is 2.41. The van der Waals surface area contributed by atoms with Gasteiger partial charge in [0.2, 0.25) is 0 Å². The summed E-state index contributed by atoms with van der Waals surface area (Å²) in [6.45, 7) is 9.67. The summed E-state index contributed by atoms with van der Waals surface area (Å²) in [5.41, 5.74) is 8.48. The lowest BCUT2D eigenvalue weighted by atomic mass is 9.77. The summed E-state index contributed by atoms with van der Waals surface area (Å²) < 4.78 is 0. The van der Waals surface area contributed by atoms with Gasteiger partial charge in [0.1, 0.15) is 0 Å². The van der Waals surface area contributed by atoms with Crippen molar-refractivity contribution in [2.75, 3.05) is 0 Å². The summed E-state index contributed by atoms with van der Waals surface area (Å²) in [5.74, 6) is 1.16. The van der Waals surface area contributed by atoms with Crippen LogP contribution in [-0.2, 0) is 5.41 Å². The number of hydrogen-bond donors (Lipinski definition) is 0. The predicted octanol–water partition coefficient (Wildman–Crippen LogP) is 9.36. The molecule has 0 aliphatic heterocycles. The van der Waals surface area contributed by atoms with Crippen LogP contribution in [0.3, 0.4) is 0 Å². The molecule has 5 aromatic rings. The minimum atomic E-state index is 0.162. The van der Waals surface area contributed by atoms with Crippen LogP contribution >= 0.6 is 0 Å². The Morgan fingerprint density at radius 2 is 1.00 bits per heavy atom. The molecule has 6 rings (SSSR count). The summed E-state index contributed by atoms with van der Waals surface area (Å²) in [6, 6.07) is 35.9. The fourth-order valence-corrected chi connectivity index (χ4v) is 6.15. The van der Waals surface area contributed by atoms with E-state index >= 15 is 0 Å². The molecule has 0 saturated heterocycles. The van der Waals surface area contributed by atoms with E-state index in [-0.39, 0.29) is 5.41 Å². The van der Waals surface area contributed by atoms with Crippen molar-refractivity contribution in [2.24, 2.45) is 5.92 Å². The van der Waals surface area contributed by atoms with Gasteiger partial charge in [0, 0.05) is 0 Å². The molecular weight excluding hydrogens is 396 g/mol. The zero-order valence-corrected chi connectivity index (χ0v) is 19.9. The van der Waals surface area contributed by atoms with Crippen molar-refractivity contribution in [3.8, 4) is 22.3 Å². The van der Waals surface area contributed by atoms with E-state index in [4.69, 9.17) is 0 Å². The molecule has 0 aromatic heterocycles. The van der Waals surface area contributed by atoms with Crippen molar-refractivity contribution in [1.29, 1.82) is 0 Å². The molecule has 1 aliphatic carbocycles. The summed E-state index contributed by atoms with van der Waals surface area (Å²) in [6.07, 6.45) is 0. The molecule has 2 unspecified atom stereocenters. The first-order chi connectivity index (χ1) is 16.0. The van der Waals surface area contributed by atoms with Gasteiger partial charge < -0.3 is 0 Å². The molecule has 0 nitrogen and oxygen atoms in total. The Labute approximate surface area is 196 Å². The van der Waals surface area contributed by atoms with Gasteiger partial charge >= 0.3 is 0 Å². The quantitative estimate of drug-likeness (QED) is 0.247. The lowest BCUT2D eigenvalue weighted by molar-refractivity contribution is 0.342. The third kappa shape index (κ3) is 2.90. The third-order valence-corrected chi connectivity index (χ3v) is 8.39. The summed E-state index contributed by atoms with van der Waals surface area (Å²) in [5, 5.41) is 5.39. The lowest BCUT2D eigenvalue weighted by Gasteiger charge is -2.27. The molecule has 5 aromatic carbocycles. The Kier molecular flexibility index (Phi) is 4.49. The molecule has 0 bridgehead atoms. The van der Waals surface area contributed by atoms with Crippen LogP contribution in [0.4, 0.5) is 0 Å². The molecule has 0 heterocycles. The third-order valence-electron chi connectivity index (χ3n) is 8.39. The highest BCUT2D eigenvalue weighted by molar-refractivity contribution is 6.21. The fourth-order valence-electron chi connectivity index (χ4n) is 6.15. The Bertz CT molecular complexity index is 1490. The molecule has 0 heteroatoms. The number of fused-ring (bicyclic) bond motifs is 3. The second-order valence-electron chi connectivity index (χ2n) is 10.3. The van der Waals surface area contributed by atoms with Crippen LogP contribution in [0.2, 0.25) is 0 Å². The Hall–Kier alpha value is -3.38. The van der Waals surface area contributed by atoms with E-state index in [9.17, 15) is 0 Å². The average Bonchev–Trinajstić information content (AvgIpc) is 3.02. The van der Waals surface area contributed by atoms with Crippen LogP contribution < -0.4 is 0 Å². The van der Waals surface area contributed by atoms with E-state index in [0.717, 1.165) is 0 Å². The van der Waals surface area contributed by atoms with Gasteiger partial charge in [-0.1, -0.05) is 113 Å². The molecule has 162 valence electrons. The standard InChI is InChI=1S/C33H30/c1-21-22(2)33(3,4)30-20-29-28(19-27(21)30)31(23-13-7-5-8-14-23)25-17-11-12-18-26(25)32(29)24-15-9-6-10-16-24/h5-22H,1-4H3. The fraction of sp³-hybridized carbons (Fsp3) is 0.212. The maximum atomic E-state index is 2.53. The second-order valence-corrected chi connectivity index (χ2v) is 10.3. The Balaban J connectivity index is 1.86. The number of hydrogen-bond acceptors (Lipinski definition) is 0. The van der Waals surface area contributed by atoms with Crippen molar-refractivity contribution in [3.05, 3.63) is 108 Å². The zero-order valence-electron chi connectivity index (χ0n) is 19.9. The summed E-state index contributed by atoms with van der Waals surface area (Å²) >= 11 is 0. The van der Waals surface area contributed by atoms with E-state index in [1.807, 2.05) is 0 Å². The smallest absolute Gasteiger partial charge is 0.00263 e. The normalized spacial score (nSPS) is 19.2. The van der Waals surface area contributed by atoms with Crippen molar-refractivity contribution in [1.82, 2.24) is 0 Å². The van der Waals surface area contributed by atoms with Crippen molar-refractivity contribution in [2.45, 2.75) is 39.0 Å². The first-order valence-electron chi connectivity index (χ1n) is 12.1. The number of rotatable bonds is 2. The SMILES string of the molecule is CC1c2cc3c(-c4ccccc4)c4ccccc4c(-c4ccccc4)c3cc2C(C)(C)C1C. The van der Waals surface area contributed by atoms with E-state index in [0.29, 0.717) is 11.8 Å². The zero-order chi connectivity index (χ0) is 22.7. The van der Waals surface area contributed by atoms with Gasteiger partial charge in [0.15, 0.2) is 0 Å². The predicted molar refractivity (Wildman–Crippen MR) is 143 cm³/mol. The van der Waals surface area contributed by atoms with Crippen LogP contribution in [-0.4, -0.2) is 0 Å². The van der Waals surface area contributed by atoms with Gasteiger partial charge in [-0.25, -0.2) is 0 Å². The van der Waals surface area contributed by atoms with Crippen LogP contribution in [0.25, 0.3) is 43.8 Å². The van der Waals surface area contributed by atoms with Gasteiger partial charge in [0.05, 0.1) is 0 Å². The first-order valence-corrected chi connectivity index (χ1v) is 12.1. The Morgan fingerprint density at radius 1 is 0.545 bits per heavy atom. The molecule has 0 amide bonds. The van der Waals surface area contributed by atoms with E-state index in [1.54, 1.807) is 0 Å². The highest BCUT2D eigenvalue weighted by atomic mass is 14.5. The first kappa shape index (κ1) is 20.2. The van der Waals surface area contributed by atoms with Crippen LogP contribution in [0, 0.1) is 5.92 Å². The average molecular weight is 427 g/mol. The largest absolute Gasteiger partial charge is 0.0622 e. The minimum absolute atomic E-state index is 0.162. The molecule has 0 fully saturated rings. The molecule has 2 atom stereocenters. The van der Waals surface area contributed by atoms with E-state index in [1.165, 1.54) is 54.9 Å². The molecule has 0 radical (unpaired) electrons. The van der Waals surface area contributed by atoms with E-state index < -0.39 is 0 Å². The number of benzene rings is 5. The molecule has 33 heavy (non-hydrogen) atoms. The second kappa shape index (κ2) is 7.32. The topological polar surface area (TPSA) is 0 Å². The van der Waals surface area contributed by atoms with Crippen molar-refractivity contribution >= 4 is 21.5 Å². The molecule has 1 aliphatic rings. The molecule has 0 N–H and O–H groups in total. The lowest BCUT2D eigenvalue weighted by Crippen LogP contribution is -2.22. The maximum Gasteiger partial charge on any atom is -0.00263 e. The van der Waals surface area contributed by atoms with Crippen molar-refractivity contribution in [3.63, 3.8) is 0 Å². The van der Waals surface area contributed by atoms with Gasteiger partial charge in [-0.05, 0) is 84.3 Å². The maximum absolute atomic E-state index is 2.53. The summed E-state index contributed by atoms with van der Waals surface area (Å²) in [4.78, 5) is 0. The van der Waals surface area contributed by atoms with Gasteiger partial charge in [0.25, 0.3) is 0 Å². The van der Waals surface area contributed by atoms with Crippen LogP contribution in [0.15, 0.2) is 97.1 Å². The highest BCUT2D eigenvalue weighted by Crippen LogP contribution is 2.53. The van der Waals surface area contributed by atoms with Gasteiger partial charge in [-0.2, -0.15) is 0 Å². The van der Waals surface area contributed by atoms with E-state index in [2.05, 4.69) is 125 Å². The van der Waals surface area contributed by atoms with Crippen molar-refractivity contribution < 1.29 is 0 Å². The monoisotopic (exact) mass is 426 g/mol. The Morgan fingerprint density at radius 3 is 1.52 bits per heavy atom. The summed E-state index contributed by atoms with van der Waals surface area (Å²) in [7, 11) is 0. The molecular formula is C33H30. The van der Waals surface area contributed by atoms with Gasteiger partial charge in [-0.15, -0.1) is 0 Å². The molecule has 0 saturated carbocycles.